The minimum Gasteiger partial charge on any atom is -0.489 e. The predicted molar refractivity (Wildman–Crippen MR) is 139 cm³/mol. The SMILES string of the molecule is CCCN(Cc1nc2cc(Cl)ccc2c(=O)[nH]1)C(=O)/C=C/c1ccc(OCc2ccccc2)cc1. The van der Waals surface area contributed by atoms with Gasteiger partial charge in [-0.15, -0.1) is 0 Å². The Hall–Kier alpha value is -3.90. The molecule has 1 N–H and O–H groups in total. The summed E-state index contributed by atoms with van der Waals surface area (Å²) in [6.07, 6.45) is 4.07. The van der Waals surface area contributed by atoms with Crippen molar-refractivity contribution in [1.82, 2.24) is 14.9 Å². The number of aromatic nitrogens is 2. The molecule has 0 aliphatic carbocycles. The Morgan fingerprint density at radius 2 is 1.86 bits per heavy atom. The quantitative estimate of drug-likeness (QED) is 0.311. The molecule has 0 spiro atoms. The molecule has 35 heavy (non-hydrogen) atoms. The molecule has 0 bridgehead atoms. The van der Waals surface area contributed by atoms with Crippen LogP contribution in [-0.2, 0) is 17.9 Å². The summed E-state index contributed by atoms with van der Waals surface area (Å²) < 4.78 is 5.81. The highest BCUT2D eigenvalue weighted by Gasteiger charge is 2.13. The molecule has 0 radical (unpaired) electrons. The van der Waals surface area contributed by atoms with E-state index in [1.165, 1.54) is 6.08 Å². The van der Waals surface area contributed by atoms with Crippen LogP contribution in [0, 0.1) is 0 Å². The van der Waals surface area contributed by atoms with Gasteiger partial charge in [-0.3, -0.25) is 9.59 Å². The van der Waals surface area contributed by atoms with Crippen LogP contribution in [0.3, 0.4) is 0 Å². The van der Waals surface area contributed by atoms with Crippen molar-refractivity contribution in [3.8, 4) is 5.75 Å². The summed E-state index contributed by atoms with van der Waals surface area (Å²) in [6, 6.07) is 22.5. The molecule has 1 aromatic heterocycles. The monoisotopic (exact) mass is 487 g/mol. The third-order valence-electron chi connectivity index (χ3n) is 5.41. The lowest BCUT2D eigenvalue weighted by Gasteiger charge is -2.20. The number of carbonyl (C=O) groups is 1. The first kappa shape index (κ1) is 24.2. The molecule has 178 valence electrons. The maximum atomic E-state index is 12.9. The highest BCUT2D eigenvalue weighted by molar-refractivity contribution is 6.31. The molecule has 7 heteroatoms. The summed E-state index contributed by atoms with van der Waals surface area (Å²) in [5, 5.41) is 0.963. The number of carbonyl (C=O) groups excluding carboxylic acids is 1. The van der Waals surface area contributed by atoms with Gasteiger partial charge in [-0.1, -0.05) is 61.0 Å². The van der Waals surface area contributed by atoms with Crippen molar-refractivity contribution >= 4 is 34.5 Å². The minimum atomic E-state index is -0.254. The van der Waals surface area contributed by atoms with Crippen molar-refractivity contribution in [2.75, 3.05) is 6.54 Å². The molecule has 0 fully saturated rings. The van der Waals surface area contributed by atoms with Gasteiger partial charge in [-0.25, -0.2) is 4.98 Å². The van der Waals surface area contributed by atoms with Crippen LogP contribution < -0.4 is 10.3 Å². The number of fused-ring (bicyclic) bond motifs is 1. The van der Waals surface area contributed by atoms with E-state index in [1.54, 1.807) is 29.2 Å². The van der Waals surface area contributed by atoms with Crippen molar-refractivity contribution in [1.29, 1.82) is 0 Å². The second-order valence-electron chi connectivity index (χ2n) is 8.11. The number of rotatable bonds is 9. The maximum absolute atomic E-state index is 12.9. The van der Waals surface area contributed by atoms with Crippen molar-refractivity contribution in [2.45, 2.75) is 26.5 Å². The van der Waals surface area contributed by atoms with Crippen LogP contribution >= 0.6 is 11.6 Å². The Labute approximate surface area is 208 Å². The van der Waals surface area contributed by atoms with E-state index in [1.807, 2.05) is 61.5 Å². The molecule has 1 heterocycles. The van der Waals surface area contributed by atoms with Crippen LogP contribution in [0.2, 0.25) is 5.02 Å². The van der Waals surface area contributed by atoms with Gasteiger partial charge in [0.15, 0.2) is 0 Å². The largest absolute Gasteiger partial charge is 0.489 e. The molecule has 4 aromatic rings. The van der Waals surface area contributed by atoms with Gasteiger partial charge < -0.3 is 14.6 Å². The Bertz CT molecular complexity index is 1380. The maximum Gasteiger partial charge on any atom is 0.258 e. The lowest BCUT2D eigenvalue weighted by Crippen LogP contribution is -2.31. The Balaban J connectivity index is 1.41. The molecule has 1 amide bonds. The number of halogens is 1. The first-order valence-corrected chi connectivity index (χ1v) is 11.8. The van der Waals surface area contributed by atoms with Crippen LogP contribution in [0.25, 0.3) is 17.0 Å². The highest BCUT2D eigenvalue weighted by Crippen LogP contribution is 2.17. The third-order valence-corrected chi connectivity index (χ3v) is 5.65. The van der Waals surface area contributed by atoms with E-state index in [0.29, 0.717) is 34.9 Å². The normalized spacial score (nSPS) is 11.1. The zero-order chi connectivity index (χ0) is 24.6. The van der Waals surface area contributed by atoms with E-state index in [-0.39, 0.29) is 18.0 Å². The van der Waals surface area contributed by atoms with E-state index in [0.717, 1.165) is 23.3 Å². The van der Waals surface area contributed by atoms with Gasteiger partial charge in [0.2, 0.25) is 5.91 Å². The summed E-state index contributed by atoms with van der Waals surface area (Å²) in [6.45, 7) is 3.22. The zero-order valence-electron chi connectivity index (χ0n) is 19.4. The fourth-order valence-corrected chi connectivity index (χ4v) is 3.81. The molecule has 0 saturated heterocycles. The van der Waals surface area contributed by atoms with E-state index in [2.05, 4.69) is 9.97 Å². The van der Waals surface area contributed by atoms with Gasteiger partial charge in [0.1, 0.15) is 18.2 Å². The van der Waals surface area contributed by atoms with Crippen LogP contribution in [-0.4, -0.2) is 27.3 Å². The topological polar surface area (TPSA) is 75.3 Å². The van der Waals surface area contributed by atoms with Crippen LogP contribution in [0.15, 0.2) is 83.7 Å². The Kier molecular flexibility index (Phi) is 7.95. The molecule has 0 aliphatic heterocycles. The van der Waals surface area contributed by atoms with E-state index >= 15 is 0 Å². The fourth-order valence-electron chi connectivity index (χ4n) is 3.64. The number of hydrogen-bond donors (Lipinski definition) is 1. The molecule has 3 aromatic carbocycles. The third kappa shape index (κ3) is 6.58. The molecule has 0 aliphatic rings. The van der Waals surface area contributed by atoms with Crippen LogP contribution in [0.5, 0.6) is 5.75 Å². The van der Waals surface area contributed by atoms with Gasteiger partial charge in [-0.05, 0) is 54.0 Å². The van der Waals surface area contributed by atoms with E-state index in [4.69, 9.17) is 16.3 Å². The second kappa shape index (κ2) is 11.5. The molecular weight excluding hydrogens is 462 g/mol. The summed E-state index contributed by atoms with van der Waals surface area (Å²) in [4.78, 5) is 34.3. The van der Waals surface area contributed by atoms with Crippen LogP contribution in [0.4, 0.5) is 0 Å². The number of hydrogen-bond acceptors (Lipinski definition) is 4. The molecule has 0 atom stereocenters. The number of nitrogens with zero attached hydrogens (tertiary/aromatic N) is 2. The Morgan fingerprint density at radius 1 is 1.09 bits per heavy atom. The van der Waals surface area contributed by atoms with Crippen molar-refractivity contribution in [2.24, 2.45) is 0 Å². The van der Waals surface area contributed by atoms with Crippen molar-refractivity contribution in [3.63, 3.8) is 0 Å². The highest BCUT2D eigenvalue weighted by atomic mass is 35.5. The van der Waals surface area contributed by atoms with Crippen LogP contribution in [0.1, 0.15) is 30.3 Å². The lowest BCUT2D eigenvalue weighted by molar-refractivity contribution is -0.126. The van der Waals surface area contributed by atoms with Gasteiger partial charge in [-0.2, -0.15) is 0 Å². The van der Waals surface area contributed by atoms with E-state index < -0.39 is 0 Å². The smallest absolute Gasteiger partial charge is 0.258 e. The summed E-state index contributed by atoms with van der Waals surface area (Å²) in [7, 11) is 0. The summed E-state index contributed by atoms with van der Waals surface area (Å²) >= 11 is 6.05. The number of amides is 1. The summed E-state index contributed by atoms with van der Waals surface area (Å²) in [5.41, 5.74) is 2.23. The number of ether oxygens (including phenoxy) is 1. The molecule has 6 nitrogen and oxygen atoms in total. The van der Waals surface area contributed by atoms with Gasteiger partial charge in [0.05, 0.1) is 17.4 Å². The molecular formula is C28H26ClN3O3. The van der Waals surface area contributed by atoms with Gasteiger partial charge in [0, 0.05) is 17.6 Å². The number of aromatic amines is 1. The minimum absolute atomic E-state index is 0.162. The predicted octanol–water partition coefficient (Wildman–Crippen LogP) is 5.61. The standard InChI is InChI=1S/C28H26ClN3O3/c1-2-16-32(18-26-30-25-17-22(29)11-14-24(25)28(34)31-26)27(33)15-10-20-8-12-23(13-9-20)35-19-21-6-4-3-5-7-21/h3-15,17H,2,16,18-19H2,1H3,(H,30,31,34)/b15-10+. The number of benzene rings is 3. The first-order valence-electron chi connectivity index (χ1n) is 11.4. The Morgan fingerprint density at radius 3 is 2.60 bits per heavy atom. The average Bonchev–Trinajstić information content (AvgIpc) is 2.87. The molecule has 0 saturated carbocycles. The van der Waals surface area contributed by atoms with E-state index in [9.17, 15) is 9.59 Å². The lowest BCUT2D eigenvalue weighted by atomic mass is 10.2. The van der Waals surface area contributed by atoms with Crippen molar-refractivity contribution < 1.29 is 9.53 Å². The van der Waals surface area contributed by atoms with Gasteiger partial charge >= 0.3 is 0 Å². The molecule has 4 rings (SSSR count). The number of H-pyrrole nitrogens is 1. The number of nitrogens with one attached hydrogen (secondary N) is 1. The fraction of sp³-hybridized carbons (Fsp3) is 0.179. The first-order chi connectivity index (χ1) is 17.0. The molecule has 0 unspecified atom stereocenters. The van der Waals surface area contributed by atoms with Gasteiger partial charge in [0.25, 0.3) is 5.56 Å². The second-order valence-corrected chi connectivity index (χ2v) is 8.55. The zero-order valence-corrected chi connectivity index (χ0v) is 20.2. The summed E-state index contributed by atoms with van der Waals surface area (Å²) in [5.74, 6) is 1.02. The average molecular weight is 488 g/mol. The van der Waals surface area contributed by atoms with Crippen molar-refractivity contribution in [3.05, 3.63) is 111 Å².